The first kappa shape index (κ1) is 33.9. The van der Waals surface area contributed by atoms with Crippen molar-refractivity contribution < 1.29 is 0 Å². The lowest BCUT2D eigenvalue weighted by Crippen LogP contribution is -2.21. The lowest BCUT2D eigenvalue weighted by Gasteiger charge is -2.25. The summed E-state index contributed by atoms with van der Waals surface area (Å²) in [6, 6.07) is 68.6. The second kappa shape index (κ2) is 14.3. The second-order valence-electron chi connectivity index (χ2n) is 15.4. The highest BCUT2D eigenvalue weighted by Crippen LogP contribution is 2.40. The van der Waals surface area contributed by atoms with Crippen LogP contribution in [0.3, 0.4) is 0 Å². The Morgan fingerprint density at radius 2 is 1.21 bits per heavy atom. The molecule has 1 unspecified atom stereocenters. The Morgan fingerprint density at radius 3 is 2.02 bits per heavy atom. The minimum absolute atomic E-state index is 0.0630. The largest absolute Gasteiger partial charge is 0.374 e. The molecule has 0 saturated carbocycles. The van der Waals surface area contributed by atoms with E-state index in [9.17, 15) is 0 Å². The maximum absolute atomic E-state index is 3.79. The van der Waals surface area contributed by atoms with Crippen LogP contribution in [-0.4, -0.2) is 4.57 Å². The third-order valence-electron chi connectivity index (χ3n) is 11.9. The van der Waals surface area contributed by atoms with E-state index < -0.39 is 0 Å². The molecule has 0 spiro atoms. The van der Waals surface area contributed by atoms with Gasteiger partial charge in [0.15, 0.2) is 0 Å². The van der Waals surface area contributed by atoms with E-state index in [4.69, 9.17) is 0 Å². The summed E-state index contributed by atoms with van der Waals surface area (Å²) in [7, 11) is 0. The number of hydrogen-bond acceptors (Lipinski definition) is 1. The molecule has 1 aromatic heterocycles. The molecule has 0 bridgehead atoms. The molecule has 9 aromatic rings. The van der Waals surface area contributed by atoms with E-state index in [0.29, 0.717) is 0 Å². The summed E-state index contributed by atoms with van der Waals surface area (Å²) in [4.78, 5) is 0. The van der Waals surface area contributed by atoms with Crippen molar-refractivity contribution in [2.45, 2.75) is 12.5 Å². The minimum atomic E-state index is 0.0630. The summed E-state index contributed by atoms with van der Waals surface area (Å²) < 4.78 is 2.46. The number of nitrogens with zero attached hydrogens (tertiary/aromatic N) is 1. The van der Waals surface area contributed by atoms with Gasteiger partial charge in [0.1, 0.15) is 0 Å². The Hall–Kier alpha value is -7.42. The molecule has 1 aliphatic heterocycles. The lowest BCUT2D eigenvalue weighted by atomic mass is 9.93. The van der Waals surface area contributed by atoms with Crippen LogP contribution < -0.4 is 5.32 Å². The number of nitrogens with one attached hydrogen (secondary N) is 1. The summed E-state index contributed by atoms with van der Waals surface area (Å²) in [5.41, 5.74) is 17.2. The van der Waals surface area contributed by atoms with Crippen molar-refractivity contribution in [3.05, 3.63) is 246 Å². The van der Waals surface area contributed by atoms with Gasteiger partial charge in [-0.2, -0.15) is 0 Å². The van der Waals surface area contributed by atoms with Gasteiger partial charge in [-0.05, 0) is 110 Å². The normalized spacial score (nSPS) is 15.0. The van der Waals surface area contributed by atoms with E-state index in [1.165, 1.54) is 88.2 Å². The van der Waals surface area contributed by atoms with Gasteiger partial charge in [-0.25, -0.2) is 0 Å². The van der Waals surface area contributed by atoms with Crippen LogP contribution in [0.1, 0.15) is 39.4 Å². The molecule has 274 valence electrons. The molecule has 2 nitrogen and oxygen atoms in total. The quantitative estimate of drug-likeness (QED) is 0.180. The van der Waals surface area contributed by atoms with E-state index >= 15 is 0 Å². The summed E-state index contributed by atoms with van der Waals surface area (Å²) >= 11 is 0. The molecule has 1 N–H and O–H groups in total. The molecule has 11 rings (SSSR count). The predicted octanol–water partition coefficient (Wildman–Crippen LogP) is 14.0. The summed E-state index contributed by atoms with van der Waals surface area (Å²) in [5.74, 6) is 0. The van der Waals surface area contributed by atoms with Crippen LogP contribution in [-0.2, 0) is 6.42 Å². The molecule has 0 radical (unpaired) electrons. The highest BCUT2D eigenvalue weighted by molar-refractivity contribution is 6.19. The molecule has 1 aliphatic carbocycles. The van der Waals surface area contributed by atoms with E-state index in [-0.39, 0.29) is 6.04 Å². The molecule has 0 amide bonds. The zero-order valence-electron chi connectivity index (χ0n) is 32.0. The second-order valence-corrected chi connectivity index (χ2v) is 15.4. The first-order valence-corrected chi connectivity index (χ1v) is 20.2. The lowest BCUT2D eigenvalue weighted by molar-refractivity contribution is 0.767. The number of rotatable bonds is 6. The first-order chi connectivity index (χ1) is 28.7. The van der Waals surface area contributed by atoms with Crippen molar-refractivity contribution >= 4 is 55.5 Å². The molecule has 58 heavy (non-hydrogen) atoms. The maximum Gasteiger partial charge on any atom is 0.0707 e. The average Bonchev–Trinajstić information content (AvgIpc) is 3.48. The van der Waals surface area contributed by atoms with Crippen LogP contribution in [0.15, 0.2) is 212 Å². The Labute approximate surface area is 339 Å². The topological polar surface area (TPSA) is 17.0 Å². The van der Waals surface area contributed by atoms with Gasteiger partial charge in [0.2, 0.25) is 0 Å². The Balaban J connectivity index is 1.00. The van der Waals surface area contributed by atoms with Crippen LogP contribution in [0.25, 0.3) is 72.3 Å². The molecule has 1 atom stereocenters. The van der Waals surface area contributed by atoms with Gasteiger partial charge in [0.05, 0.1) is 17.1 Å². The zero-order chi connectivity index (χ0) is 38.4. The van der Waals surface area contributed by atoms with Crippen LogP contribution >= 0.6 is 0 Å². The van der Waals surface area contributed by atoms with Crippen molar-refractivity contribution in [3.8, 4) is 16.8 Å². The standard InChI is InChI=1S/C56H40N2/c1-4-13-38(14-5-1)43-20-12-21-44-34-46(24-23-45(44)33-43)47-28-32-55-52(35-47)51-31-27-40-15-10-11-22-50(40)56(51)58(55)49-29-25-39(26-30-49)48-36-53(41-16-6-2-7-17-41)57-54(37-48)42-18-8-3-9-19-42/h1-32,34-37,53,57H,33H2. The van der Waals surface area contributed by atoms with Crippen molar-refractivity contribution in [1.82, 2.24) is 9.88 Å². The molecular formula is C56H40N2. The average molecular weight is 741 g/mol. The van der Waals surface area contributed by atoms with E-state index in [0.717, 1.165) is 17.8 Å². The van der Waals surface area contributed by atoms with E-state index in [1.807, 2.05) is 0 Å². The number of hydrogen-bond donors (Lipinski definition) is 1. The number of allylic oxidation sites excluding steroid dienone is 5. The van der Waals surface area contributed by atoms with Crippen molar-refractivity contribution in [2.24, 2.45) is 0 Å². The Kier molecular flexibility index (Phi) is 8.33. The highest BCUT2D eigenvalue weighted by Gasteiger charge is 2.20. The number of aromatic nitrogens is 1. The van der Waals surface area contributed by atoms with Crippen LogP contribution in [0.5, 0.6) is 0 Å². The predicted molar refractivity (Wildman–Crippen MR) is 246 cm³/mol. The fourth-order valence-corrected chi connectivity index (χ4v) is 8.94. The fraction of sp³-hybridized carbons (Fsp3) is 0.0357. The third kappa shape index (κ3) is 6.07. The van der Waals surface area contributed by atoms with Gasteiger partial charge >= 0.3 is 0 Å². The molecule has 2 heterocycles. The van der Waals surface area contributed by atoms with E-state index in [1.54, 1.807) is 0 Å². The molecule has 8 aromatic carbocycles. The van der Waals surface area contributed by atoms with Gasteiger partial charge in [-0.1, -0.05) is 176 Å². The summed E-state index contributed by atoms with van der Waals surface area (Å²) in [6.45, 7) is 0. The highest BCUT2D eigenvalue weighted by atomic mass is 15.0. The molecule has 0 fully saturated rings. The van der Waals surface area contributed by atoms with Gasteiger partial charge in [0.25, 0.3) is 0 Å². The van der Waals surface area contributed by atoms with Crippen LogP contribution in [0.2, 0.25) is 0 Å². The smallest absolute Gasteiger partial charge is 0.0707 e. The zero-order valence-corrected chi connectivity index (χ0v) is 32.0. The molecule has 0 saturated heterocycles. The van der Waals surface area contributed by atoms with Gasteiger partial charge < -0.3 is 9.88 Å². The monoisotopic (exact) mass is 740 g/mol. The van der Waals surface area contributed by atoms with Gasteiger partial charge in [-0.15, -0.1) is 0 Å². The minimum Gasteiger partial charge on any atom is -0.374 e. The number of benzene rings is 8. The van der Waals surface area contributed by atoms with Crippen LogP contribution in [0.4, 0.5) is 0 Å². The van der Waals surface area contributed by atoms with E-state index in [2.05, 4.69) is 228 Å². The Morgan fingerprint density at radius 1 is 0.517 bits per heavy atom. The number of fused-ring (bicyclic) bond motifs is 6. The molecular weight excluding hydrogens is 701 g/mol. The van der Waals surface area contributed by atoms with Gasteiger partial charge in [-0.3, -0.25) is 0 Å². The van der Waals surface area contributed by atoms with Crippen molar-refractivity contribution in [3.63, 3.8) is 0 Å². The Bertz CT molecular complexity index is 3130. The van der Waals surface area contributed by atoms with Gasteiger partial charge in [0, 0.05) is 27.5 Å². The van der Waals surface area contributed by atoms with Crippen molar-refractivity contribution in [2.75, 3.05) is 0 Å². The fourth-order valence-electron chi connectivity index (χ4n) is 8.94. The molecule has 2 aliphatic rings. The maximum atomic E-state index is 3.79. The van der Waals surface area contributed by atoms with Crippen LogP contribution in [0, 0.1) is 0 Å². The molecule has 2 heteroatoms. The SMILES string of the molecule is C1=Cc2cc(-c3ccc4c(c3)c3ccc5ccccc5c3n4-c3ccc(C4=CC(c5ccccc5)NC(c5ccccc5)=C4)cc3)ccc2CC(c2ccccc2)=C1. The number of dihydropyridines is 1. The first-order valence-electron chi connectivity index (χ1n) is 20.2. The summed E-state index contributed by atoms with van der Waals surface area (Å²) in [5, 5.41) is 8.79. The summed E-state index contributed by atoms with van der Waals surface area (Å²) in [6.07, 6.45) is 12.3. The third-order valence-corrected chi connectivity index (χ3v) is 11.9. The van der Waals surface area contributed by atoms with Crippen molar-refractivity contribution in [1.29, 1.82) is 0 Å².